The summed E-state index contributed by atoms with van der Waals surface area (Å²) in [5, 5.41) is 23.2. The van der Waals surface area contributed by atoms with Gasteiger partial charge < -0.3 is 10.0 Å². The van der Waals surface area contributed by atoms with E-state index in [1.54, 1.807) is 16.9 Å². The Morgan fingerprint density at radius 3 is 2.57 bits per heavy atom. The van der Waals surface area contributed by atoms with Crippen molar-refractivity contribution in [3.05, 3.63) is 42.7 Å². The van der Waals surface area contributed by atoms with Crippen molar-refractivity contribution in [2.75, 3.05) is 11.9 Å². The van der Waals surface area contributed by atoms with Gasteiger partial charge in [0.05, 0.1) is 17.9 Å². The first-order valence-corrected chi connectivity index (χ1v) is 9.56. The van der Waals surface area contributed by atoms with Gasteiger partial charge in [-0.1, -0.05) is 18.9 Å². The number of halogens is 1. The molecule has 0 aliphatic heterocycles. The molecule has 2 heterocycles. The van der Waals surface area contributed by atoms with Crippen LogP contribution in [0.1, 0.15) is 25.7 Å². The molecule has 28 heavy (non-hydrogen) atoms. The molecule has 1 N–H and O–H groups in total. The number of hydrogen-bond donors (Lipinski definition) is 1. The van der Waals surface area contributed by atoms with E-state index in [9.17, 15) is 9.50 Å². The molecular weight excluding hydrogens is 357 g/mol. The monoisotopic (exact) mass is 381 g/mol. The van der Waals surface area contributed by atoms with Crippen LogP contribution in [-0.4, -0.2) is 44.3 Å². The predicted octanol–water partition coefficient (Wildman–Crippen LogP) is 3.97. The third-order valence-corrected chi connectivity index (χ3v) is 5.47. The molecule has 0 spiro atoms. The van der Waals surface area contributed by atoms with E-state index in [0.29, 0.717) is 23.5 Å². The molecule has 7 heteroatoms. The Kier molecular flexibility index (Phi) is 4.98. The van der Waals surface area contributed by atoms with Crippen molar-refractivity contribution in [3.8, 4) is 28.1 Å². The topological polar surface area (TPSA) is 67.1 Å². The van der Waals surface area contributed by atoms with Gasteiger partial charge in [-0.25, -0.2) is 4.39 Å². The quantitative estimate of drug-likeness (QED) is 0.741. The van der Waals surface area contributed by atoms with Crippen LogP contribution in [0.5, 0.6) is 5.75 Å². The van der Waals surface area contributed by atoms with Gasteiger partial charge in [-0.05, 0) is 42.7 Å². The van der Waals surface area contributed by atoms with Crippen LogP contribution in [0.25, 0.3) is 22.4 Å². The zero-order valence-corrected chi connectivity index (χ0v) is 16.1. The fraction of sp³-hybridized carbons (Fsp3) is 0.381. The maximum absolute atomic E-state index is 14.2. The Morgan fingerprint density at radius 1 is 1.11 bits per heavy atom. The molecule has 1 aliphatic carbocycles. The summed E-state index contributed by atoms with van der Waals surface area (Å²) < 4.78 is 15.9. The first-order valence-electron chi connectivity index (χ1n) is 9.56. The Balaban J connectivity index is 1.55. The minimum atomic E-state index is -0.829. The second-order valence-corrected chi connectivity index (χ2v) is 7.39. The molecule has 0 radical (unpaired) electrons. The molecule has 0 amide bonds. The SMILES string of the molecule is CN(c1ccc(-c2ccc(-c3cnn(C)c3)cc2O)nn1)[C@@H]1CCCC[C@H]1F. The van der Waals surface area contributed by atoms with Crippen LogP contribution >= 0.6 is 0 Å². The van der Waals surface area contributed by atoms with Crippen LogP contribution in [0.2, 0.25) is 0 Å². The fourth-order valence-corrected chi connectivity index (χ4v) is 3.83. The lowest BCUT2D eigenvalue weighted by Gasteiger charge is -2.34. The zero-order chi connectivity index (χ0) is 19.7. The summed E-state index contributed by atoms with van der Waals surface area (Å²) in [5.41, 5.74) is 2.99. The van der Waals surface area contributed by atoms with Crippen LogP contribution in [0.15, 0.2) is 42.7 Å². The Hall–Kier alpha value is -2.96. The molecule has 3 aromatic rings. The molecule has 2 aromatic heterocycles. The van der Waals surface area contributed by atoms with Gasteiger partial charge in [0.15, 0.2) is 5.82 Å². The highest BCUT2D eigenvalue weighted by Crippen LogP contribution is 2.33. The lowest BCUT2D eigenvalue weighted by atomic mass is 9.92. The van der Waals surface area contributed by atoms with Crippen molar-refractivity contribution in [2.45, 2.75) is 37.9 Å². The molecule has 0 bridgehead atoms. The van der Waals surface area contributed by atoms with Crippen molar-refractivity contribution in [2.24, 2.45) is 7.05 Å². The molecule has 1 aromatic carbocycles. The van der Waals surface area contributed by atoms with Crippen molar-refractivity contribution < 1.29 is 9.50 Å². The number of phenolic OH excluding ortho intramolecular Hbond substituents is 1. The van der Waals surface area contributed by atoms with Crippen molar-refractivity contribution in [1.29, 1.82) is 0 Å². The normalized spacial score (nSPS) is 19.5. The number of aromatic nitrogens is 4. The lowest BCUT2D eigenvalue weighted by molar-refractivity contribution is 0.213. The number of nitrogens with zero attached hydrogens (tertiary/aromatic N) is 5. The second-order valence-electron chi connectivity index (χ2n) is 7.39. The van der Waals surface area contributed by atoms with Crippen LogP contribution in [0.4, 0.5) is 10.2 Å². The van der Waals surface area contributed by atoms with E-state index < -0.39 is 6.17 Å². The summed E-state index contributed by atoms with van der Waals surface area (Å²) in [4.78, 5) is 1.88. The summed E-state index contributed by atoms with van der Waals surface area (Å²) >= 11 is 0. The summed E-state index contributed by atoms with van der Waals surface area (Å²) in [7, 11) is 3.72. The van der Waals surface area contributed by atoms with Gasteiger partial charge in [-0.15, -0.1) is 10.2 Å². The highest BCUT2D eigenvalue weighted by Gasteiger charge is 2.29. The maximum Gasteiger partial charge on any atom is 0.151 e. The number of hydrogen-bond acceptors (Lipinski definition) is 5. The average molecular weight is 381 g/mol. The number of phenols is 1. The van der Waals surface area contributed by atoms with E-state index in [-0.39, 0.29) is 11.8 Å². The molecule has 1 saturated carbocycles. The number of anilines is 1. The summed E-state index contributed by atoms with van der Waals surface area (Å²) in [6.07, 6.45) is 6.24. The summed E-state index contributed by atoms with van der Waals surface area (Å²) in [6.45, 7) is 0. The summed E-state index contributed by atoms with van der Waals surface area (Å²) in [5.74, 6) is 0.776. The summed E-state index contributed by atoms with van der Waals surface area (Å²) in [6, 6.07) is 8.93. The van der Waals surface area contributed by atoms with Crippen LogP contribution < -0.4 is 4.90 Å². The van der Waals surface area contributed by atoms with Gasteiger partial charge in [0, 0.05) is 31.4 Å². The predicted molar refractivity (Wildman–Crippen MR) is 107 cm³/mol. The molecule has 6 nitrogen and oxygen atoms in total. The number of rotatable bonds is 4. The average Bonchev–Trinajstić information content (AvgIpc) is 3.14. The van der Waals surface area contributed by atoms with Gasteiger partial charge in [0.2, 0.25) is 0 Å². The largest absolute Gasteiger partial charge is 0.507 e. The first kappa shape index (κ1) is 18.4. The maximum atomic E-state index is 14.2. The van der Waals surface area contributed by atoms with E-state index in [1.165, 1.54) is 0 Å². The van der Waals surface area contributed by atoms with Gasteiger partial charge in [0.1, 0.15) is 11.9 Å². The smallest absolute Gasteiger partial charge is 0.151 e. The Labute approximate surface area is 163 Å². The molecule has 1 aliphatic rings. The third kappa shape index (κ3) is 3.56. The van der Waals surface area contributed by atoms with E-state index in [4.69, 9.17) is 0 Å². The van der Waals surface area contributed by atoms with Crippen LogP contribution in [0.3, 0.4) is 0 Å². The van der Waals surface area contributed by atoms with Crippen molar-refractivity contribution in [1.82, 2.24) is 20.0 Å². The molecule has 2 atom stereocenters. The third-order valence-electron chi connectivity index (χ3n) is 5.47. The highest BCUT2D eigenvalue weighted by atomic mass is 19.1. The lowest BCUT2D eigenvalue weighted by Crippen LogP contribution is -2.41. The van der Waals surface area contributed by atoms with Crippen LogP contribution in [0, 0.1) is 0 Å². The van der Waals surface area contributed by atoms with Gasteiger partial charge in [0.25, 0.3) is 0 Å². The fourth-order valence-electron chi connectivity index (χ4n) is 3.83. The molecular formula is C21H24FN5O. The first-order chi connectivity index (χ1) is 13.5. The number of alkyl halides is 1. The van der Waals surface area contributed by atoms with E-state index in [2.05, 4.69) is 15.3 Å². The zero-order valence-electron chi connectivity index (χ0n) is 16.1. The number of aryl methyl sites for hydroxylation is 1. The molecule has 0 unspecified atom stereocenters. The standard InChI is InChI=1S/C21H24FN5O/c1-26-13-15(12-23-26)14-7-8-16(20(28)11-14)18-9-10-21(25-24-18)27(2)19-6-4-3-5-17(19)22/h7-13,17,19,28H,3-6H2,1-2H3/t17-,19-/m1/s1. The van der Waals surface area contributed by atoms with Gasteiger partial charge in [-0.2, -0.15) is 5.10 Å². The molecule has 146 valence electrons. The Morgan fingerprint density at radius 2 is 1.93 bits per heavy atom. The molecule has 4 rings (SSSR count). The second kappa shape index (κ2) is 7.58. The molecule has 1 fully saturated rings. The number of aromatic hydroxyl groups is 1. The van der Waals surface area contributed by atoms with E-state index in [0.717, 1.165) is 30.4 Å². The van der Waals surface area contributed by atoms with Gasteiger partial charge in [-0.3, -0.25) is 4.68 Å². The number of benzene rings is 1. The van der Waals surface area contributed by atoms with E-state index in [1.807, 2.05) is 49.5 Å². The van der Waals surface area contributed by atoms with Crippen molar-refractivity contribution >= 4 is 5.82 Å². The minimum absolute atomic E-state index is 0.132. The van der Waals surface area contributed by atoms with Gasteiger partial charge >= 0.3 is 0 Å². The van der Waals surface area contributed by atoms with Crippen LogP contribution in [-0.2, 0) is 7.05 Å². The highest BCUT2D eigenvalue weighted by molar-refractivity contribution is 5.73. The van der Waals surface area contributed by atoms with E-state index >= 15 is 0 Å². The molecule has 0 saturated heterocycles. The minimum Gasteiger partial charge on any atom is -0.507 e. The van der Waals surface area contributed by atoms with Crippen molar-refractivity contribution in [3.63, 3.8) is 0 Å². The Bertz CT molecular complexity index is 956.